The number of allylic oxidation sites excluding steroid dienone is 8. The molecule has 0 aromatic carbocycles. The molecule has 0 spiro atoms. The van der Waals surface area contributed by atoms with Gasteiger partial charge in [0.15, 0.2) is 0 Å². The minimum Gasteiger partial charge on any atom is -0.242 e. The molecule has 2 aliphatic carbocycles. The molecule has 2 unspecified atom stereocenters. The molecular weight excluding hydrogens is 275 g/mol. The third-order valence-electron chi connectivity index (χ3n) is 3.45. The van der Waals surface area contributed by atoms with Crippen molar-refractivity contribution in [1.29, 1.82) is 0 Å². The highest BCUT2D eigenvalue weighted by Gasteiger charge is 2.37. The number of alkyl halides is 4. The van der Waals surface area contributed by atoms with E-state index >= 15 is 0 Å². The van der Waals surface area contributed by atoms with Crippen LogP contribution in [0.5, 0.6) is 0 Å². The second-order valence-electron chi connectivity index (χ2n) is 5.07. The van der Waals surface area contributed by atoms with Gasteiger partial charge < -0.3 is 0 Å². The second-order valence-corrected chi connectivity index (χ2v) is 5.07. The summed E-state index contributed by atoms with van der Waals surface area (Å²) < 4.78 is 65.1. The number of rotatable bonds is 3. The highest BCUT2D eigenvalue weighted by molar-refractivity contribution is 5.30. The zero-order valence-electron chi connectivity index (χ0n) is 10.8. The van der Waals surface area contributed by atoms with E-state index in [1.54, 1.807) is 12.2 Å². The zero-order valence-corrected chi connectivity index (χ0v) is 10.8. The van der Waals surface area contributed by atoms with E-state index in [2.05, 4.69) is 0 Å². The third-order valence-corrected chi connectivity index (χ3v) is 3.45. The van der Waals surface area contributed by atoms with Crippen molar-refractivity contribution in [2.45, 2.75) is 38.0 Å². The van der Waals surface area contributed by atoms with Gasteiger partial charge >= 0.3 is 6.18 Å². The number of hydrogen-bond donors (Lipinski definition) is 0. The largest absolute Gasteiger partial charge is 0.412 e. The molecule has 0 heterocycles. The van der Waals surface area contributed by atoms with Crippen LogP contribution in [-0.4, -0.2) is 12.3 Å². The van der Waals surface area contributed by atoms with Crippen LogP contribution in [0.2, 0.25) is 0 Å². The van der Waals surface area contributed by atoms with Gasteiger partial charge in [-0.15, -0.1) is 0 Å². The van der Waals surface area contributed by atoms with Crippen molar-refractivity contribution in [3.05, 3.63) is 47.4 Å². The van der Waals surface area contributed by atoms with Crippen LogP contribution in [-0.2, 0) is 0 Å². The van der Waals surface area contributed by atoms with Gasteiger partial charge in [0.2, 0.25) is 0 Å². The topological polar surface area (TPSA) is 0 Å². The summed E-state index contributed by atoms with van der Waals surface area (Å²) in [5.41, 5.74) is -0.448. The molecular formula is C15H15F5. The molecule has 0 saturated carbocycles. The summed E-state index contributed by atoms with van der Waals surface area (Å²) in [4.78, 5) is 0. The summed E-state index contributed by atoms with van der Waals surface area (Å²) in [5.74, 6) is -1.70. The Morgan fingerprint density at radius 3 is 2.60 bits per heavy atom. The van der Waals surface area contributed by atoms with Gasteiger partial charge in [0, 0.05) is 5.57 Å². The van der Waals surface area contributed by atoms with Crippen molar-refractivity contribution in [2.75, 3.05) is 0 Å². The number of hydrogen-bond acceptors (Lipinski definition) is 0. The van der Waals surface area contributed by atoms with Crippen molar-refractivity contribution in [2.24, 2.45) is 5.92 Å². The van der Waals surface area contributed by atoms with Gasteiger partial charge in [0.25, 0.3) is 0 Å². The lowest BCUT2D eigenvalue weighted by Gasteiger charge is -2.23. The predicted octanol–water partition coefficient (Wildman–Crippen LogP) is 5.35. The average Bonchev–Trinajstić information content (AvgIpc) is 2.38. The highest BCUT2D eigenvalue weighted by atomic mass is 19.4. The molecule has 0 nitrogen and oxygen atoms in total. The molecule has 0 amide bonds. The summed E-state index contributed by atoms with van der Waals surface area (Å²) >= 11 is 0. The molecule has 2 atom stereocenters. The predicted molar refractivity (Wildman–Crippen MR) is 67.4 cm³/mol. The van der Waals surface area contributed by atoms with E-state index in [1.165, 1.54) is 0 Å². The summed E-state index contributed by atoms with van der Waals surface area (Å²) in [7, 11) is 0. The molecule has 20 heavy (non-hydrogen) atoms. The molecule has 0 N–H and O–H groups in total. The van der Waals surface area contributed by atoms with Crippen LogP contribution >= 0.6 is 0 Å². The second kappa shape index (κ2) is 5.94. The van der Waals surface area contributed by atoms with E-state index in [1.807, 2.05) is 6.08 Å². The fraction of sp³-hybridized carbons (Fsp3) is 0.467. The van der Waals surface area contributed by atoms with Crippen LogP contribution in [0.1, 0.15) is 25.7 Å². The van der Waals surface area contributed by atoms with E-state index in [9.17, 15) is 22.0 Å². The average molecular weight is 290 g/mol. The molecule has 0 bridgehead atoms. The summed E-state index contributed by atoms with van der Waals surface area (Å²) in [6.07, 6.45) is 1.97. The van der Waals surface area contributed by atoms with Gasteiger partial charge in [-0.25, -0.2) is 8.78 Å². The lowest BCUT2D eigenvalue weighted by atomic mass is 9.87. The van der Waals surface area contributed by atoms with Gasteiger partial charge in [-0.3, -0.25) is 0 Å². The molecule has 2 rings (SSSR count). The van der Waals surface area contributed by atoms with E-state index in [-0.39, 0.29) is 12.8 Å². The van der Waals surface area contributed by atoms with Gasteiger partial charge in [0.05, 0.1) is 0 Å². The van der Waals surface area contributed by atoms with E-state index in [4.69, 9.17) is 0 Å². The van der Waals surface area contributed by atoms with Gasteiger partial charge in [-0.1, -0.05) is 18.2 Å². The van der Waals surface area contributed by atoms with Gasteiger partial charge in [-0.05, 0) is 49.3 Å². The van der Waals surface area contributed by atoms with Gasteiger partial charge in [0.1, 0.15) is 12.0 Å². The van der Waals surface area contributed by atoms with Crippen LogP contribution in [0.15, 0.2) is 47.4 Å². The van der Waals surface area contributed by atoms with Crippen LogP contribution in [0.25, 0.3) is 0 Å². The molecule has 2 aliphatic rings. The Morgan fingerprint density at radius 2 is 2.00 bits per heavy atom. The Balaban J connectivity index is 2.02. The Hall–Kier alpha value is -1.39. The lowest BCUT2D eigenvalue weighted by Crippen LogP contribution is -2.20. The van der Waals surface area contributed by atoms with Crippen LogP contribution in [0, 0.1) is 5.92 Å². The van der Waals surface area contributed by atoms with E-state index < -0.39 is 29.7 Å². The molecule has 0 aromatic rings. The molecule has 0 saturated heterocycles. The molecule has 0 fully saturated rings. The Morgan fingerprint density at radius 1 is 1.25 bits per heavy atom. The molecule has 0 aromatic heterocycles. The first-order valence-electron chi connectivity index (χ1n) is 6.52. The molecule has 0 aliphatic heterocycles. The first-order valence-corrected chi connectivity index (χ1v) is 6.52. The maximum absolute atomic E-state index is 14.1. The van der Waals surface area contributed by atoms with Crippen molar-refractivity contribution < 1.29 is 22.0 Å². The third kappa shape index (κ3) is 3.81. The van der Waals surface area contributed by atoms with Crippen molar-refractivity contribution >= 4 is 0 Å². The summed E-state index contributed by atoms with van der Waals surface area (Å²) in [6, 6.07) is 0. The standard InChI is InChI=1S/C15H15F5/c16-13-7-10(6-12(9-13)15(18,19)20)8-14(17)11-4-2-1-3-5-11/h2,4-5,7,9-10,14H,1,3,6,8H2. The fourth-order valence-corrected chi connectivity index (χ4v) is 2.46. The lowest BCUT2D eigenvalue weighted by molar-refractivity contribution is -0.0955. The van der Waals surface area contributed by atoms with E-state index in [0.717, 1.165) is 18.9 Å². The monoisotopic (exact) mass is 290 g/mol. The quantitative estimate of drug-likeness (QED) is 0.614. The molecule has 110 valence electrons. The Labute approximate surface area is 114 Å². The minimum atomic E-state index is -4.56. The summed E-state index contributed by atoms with van der Waals surface area (Å²) in [5, 5.41) is 0. The maximum atomic E-state index is 14.1. The SMILES string of the molecule is FC1=CC(CC(F)C2=CCCC=C2)CC(C(F)(F)F)=C1. The minimum absolute atomic E-state index is 0.128. The van der Waals surface area contributed by atoms with E-state index in [0.29, 0.717) is 11.6 Å². The van der Waals surface area contributed by atoms with Gasteiger partial charge in [-0.2, -0.15) is 13.2 Å². The normalized spacial score (nSPS) is 24.9. The first kappa shape index (κ1) is 15.0. The fourth-order valence-electron chi connectivity index (χ4n) is 2.46. The number of halogens is 5. The Kier molecular flexibility index (Phi) is 4.45. The molecule has 0 radical (unpaired) electrons. The summed E-state index contributed by atoms with van der Waals surface area (Å²) in [6.45, 7) is 0. The Bertz CT molecular complexity index is 479. The van der Waals surface area contributed by atoms with Crippen LogP contribution in [0.4, 0.5) is 22.0 Å². The maximum Gasteiger partial charge on any atom is 0.412 e. The smallest absolute Gasteiger partial charge is 0.242 e. The van der Waals surface area contributed by atoms with Crippen molar-refractivity contribution in [3.63, 3.8) is 0 Å². The van der Waals surface area contributed by atoms with Crippen molar-refractivity contribution in [3.8, 4) is 0 Å². The zero-order chi connectivity index (χ0) is 14.8. The first-order chi connectivity index (χ1) is 9.36. The highest BCUT2D eigenvalue weighted by Crippen LogP contribution is 2.38. The molecule has 5 heteroatoms. The van der Waals surface area contributed by atoms with Crippen molar-refractivity contribution in [1.82, 2.24) is 0 Å². The van der Waals surface area contributed by atoms with Crippen LogP contribution < -0.4 is 0 Å². The van der Waals surface area contributed by atoms with Crippen LogP contribution in [0.3, 0.4) is 0 Å².